The molecule has 2 rings (SSSR count). The van der Waals surface area contributed by atoms with Crippen LogP contribution in [0.5, 0.6) is 0 Å². The maximum absolute atomic E-state index is 10.9. The number of anilines is 1. The zero-order chi connectivity index (χ0) is 13.0. The molecule has 0 aromatic carbocycles. The minimum Gasteiger partial charge on any atom is -0.381 e. The van der Waals surface area contributed by atoms with E-state index in [4.69, 9.17) is 9.57 Å². The minimum atomic E-state index is -0.466. The maximum atomic E-state index is 10.9. The van der Waals surface area contributed by atoms with E-state index in [2.05, 4.69) is 10.5 Å². The SMILES string of the molecule is Cc1ccnc(NOCC2CCOC2)c1[N+](=O)[O-]. The number of nitrogens with zero attached hydrogens (tertiary/aromatic N) is 2. The van der Waals surface area contributed by atoms with Crippen molar-refractivity contribution in [3.8, 4) is 0 Å². The molecule has 1 N–H and O–H groups in total. The summed E-state index contributed by atoms with van der Waals surface area (Å²) >= 11 is 0. The molecule has 98 valence electrons. The number of rotatable bonds is 5. The summed E-state index contributed by atoms with van der Waals surface area (Å²) < 4.78 is 5.21. The molecule has 0 saturated carbocycles. The van der Waals surface area contributed by atoms with Gasteiger partial charge in [0, 0.05) is 24.3 Å². The molecule has 1 fully saturated rings. The lowest BCUT2D eigenvalue weighted by atomic mass is 10.1. The molecule has 1 aliphatic rings. The highest BCUT2D eigenvalue weighted by atomic mass is 16.7. The Morgan fingerprint density at radius 3 is 3.22 bits per heavy atom. The quantitative estimate of drug-likeness (QED) is 0.634. The molecule has 18 heavy (non-hydrogen) atoms. The van der Waals surface area contributed by atoms with Gasteiger partial charge >= 0.3 is 5.69 Å². The van der Waals surface area contributed by atoms with Crippen LogP contribution in [0.2, 0.25) is 0 Å². The number of pyridine rings is 1. The Morgan fingerprint density at radius 1 is 1.72 bits per heavy atom. The van der Waals surface area contributed by atoms with Crippen molar-refractivity contribution >= 4 is 11.5 Å². The highest BCUT2D eigenvalue weighted by Crippen LogP contribution is 2.25. The monoisotopic (exact) mass is 253 g/mol. The number of hydrogen-bond donors (Lipinski definition) is 1. The molecular weight excluding hydrogens is 238 g/mol. The van der Waals surface area contributed by atoms with Crippen molar-refractivity contribution in [3.05, 3.63) is 27.9 Å². The van der Waals surface area contributed by atoms with Crippen LogP contribution in [0.4, 0.5) is 11.5 Å². The van der Waals surface area contributed by atoms with Crippen molar-refractivity contribution in [1.29, 1.82) is 0 Å². The van der Waals surface area contributed by atoms with Gasteiger partial charge < -0.3 is 4.74 Å². The van der Waals surface area contributed by atoms with Crippen LogP contribution in [0.15, 0.2) is 12.3 Å². The van der Waals surface area contributed by atoms with Gasteiger partial charge in [0.2, 0.25) is 5.82 Å². The maximum Gasteiger partial charge on any atom is 0.316 e. The van der Waals surface area contributed by atoms with E-state index in [0.717, 1.165) is 13.0 Å². The number of hydrogen-bond acceptors (Lipinski definition) is 6. The number of aromatic nitrogens is 1. The molecule has 2 heterocycles. The molecule has 1 atom stereocenters. The Balaban J connectivity index is 1.96. The predicted molar refractivity (Wildman–Crippen MR) is 64.1 cm³/mol. The third-order valence-corrected chi connectivity index (χ3v) is 2.82. The van der Waals surface area contributed by atoms with E-state index >= 15 is 0 Å². The van der Waals surface area contributed by atoms with Crippen LogP contribution in [-0.4, -0.2) is 29.7 Å². The summed E-state index contributed by atoms with van der Waals surface area (Å²) in [6.07, 6.45) is 2.46. The lowest BCUT2D eigenvalue weighted by Gasteiger charge is -2.10. The molecule has 7 heteroatoms. The van der Waals surface area contributed by atoms with E-state index in [9.17, 15) is 10.1 Å². The summed E-state index contributed by atoms with van der Waals surface area (Å²) in [6.45, 7) is 3.53. The van der Waals surface area contributed by atoms with Crippen LogP contribution in [-0.2, 0) is 9.57 Å². The Bertz CT molecular complexity index is 432. The zero-order valence-corrected chi connectivity index (χ0v) is 10.1. The van der Waals surface area contributed by atoms with Crippen LogP contribution >= 0.6 is 0 Å². The summed E-state index contributed by atoms with van der Waals surface area (Å²) in [7, 11) is 0. The predicted octanol–water partition coefficient (Wildman–Crippen LogP) is 1.68. The summed E-state index contributed by atoms with van der Waals surface area (Å²) in [4.78, 5) is 19.6. The summed E-state index contributed by atoms with van der Waals surface area (Å²) in [5.41, 5.74) is 3.05. The Morgan fingerprint density at radius 2 is 2.56 bits per heavy atom. The standard InChI is InChI=1S/C11H15N3O4/c1-8-2-4-12-11(10(8)14(15)16)13-18-7-9-3-5-17-6-9/h2,4,9H,3,5-7H2,1H3,(H,12,13). The second-order valence-electron chi connectivity index (χ2n) is 4.22. The van der Waals surface area contributed by atoms with E-state index in [-0.39, 0.29) is 11.5 Å². The van der Waals surface area contributed by atoms with Gasteiger partial charge in [0.15, 0.2) is 0 Å². The molecule has 0 radical (unpaired) electrons. The van der Waals surface area contributed by atoms with Gasteiger partial charge in [-0.3, -0.25) is 15.0 Å². The fourth-order valence-electron chi connectivity index (χ4n) is 1.80. The van der Waals surface area contributed by atoms with Gasteiger partial charge in [-0.25, -0.2) is 10.5 Å². The fourth-order valence-corrected chi connectivity index (χ4v) is 1.80. The van der Waals surface area contributed by atoms with E-state index < -0.39 is 4.92 Å². The first-order valence-corrected chi connectivity index (χ1v) is 5.74. The average Bonchev–Trinajstić information content (AvgIpc) is 2.81. The summed E-state index contributed by atoms with van der Waals surface area (Å²) in [6, 6.07) is 1.59. The van der Waals surface area contributed by atoms with Crippen LogP contribution < -0.4 is 5.48 Å². The molecule has 1 saturated heterocycles. The lowest BCUT2D eigenvalue weighted by molar-refractivity contribution is -0.384. The lowest BCUT2D eigenvalue weighted by Crippen LogP contribution is -2.14. The Hall–Kier alpha value is -1.73. The number of nitrogens with one attached hydrogen (secondary N) is 1. The normalized spacial score (nSPS) is 18.8. The number of nitro groups is 1. The second-order valence-corrected chi connectivity index (χ2v) is 4.22. The molecular formula is C11H15N3O4. The van der Waals surface area contributed by atoms with E-state index in [1.54, 1.807) is 13.0 Å². The van der Waals surface area contributed by atoms with Gasteiger partial charge in [-0.1, -0.05) is 0 Å². The smallest absolute Gasteiger partial charge is 0.316 e. The van der Waals surface area contributed by atoms with Crippen molar-refractivity contribution in [3.63, 3.8) is 0 Å². The van der Waals surface area contributed by atoms with Gasteiger partial charge in [-0.05, 0) is 19.4 Å². The zero-order valence-electron chi connectivity index (χ0n) is 10.1. The number of aryl methyl sites for hydroxylation is 1. The van der Waals surface area contributed by atoms with E-state index in [1.807, 2.05) is 0 Å². The third-order valence-electron chi connectivity index (χ3n) is 2.82. The van der Waals surface area contributed by atoms with Crippen molar-refractivity contribution < 1.29 is 14.5 Å². The first-order chi connectivity index (χ1) is 8.68. The first kappa shape index (κ1) is 12.7. The van der Waals surface area contributed by atoms with Crippen LogP contribution in [0.3, 0.4) is 0 Å². The highest BCUT2D eigenvalue weighted by molar-refractivity contribution is 5.58. The van der Waals surface area contributed by atoms with Gasteiger partial charge in [0.25, 0.3) is 0 Å². The first-order valence-electron chi connectivity index (χ1n) is 5.74. The minimum absolute atomic E-state index is 0.0554. The van der Waals surface area contributed by atoms with Crippen molar-refractivity contribution in [1.82, 2.24) is 4.98 Å². The molecule has 1 aromatic heterocycles. The van der Waals surface area contributed by atoms with Gasteiger partial charge in [0.1, 0.15) is 0 Å². The average molecular weight is 253 g/mol. The molecule has 1 aromatic rings. The van der Waals surface area contributed by atoms with E-state index in [1.165, 1.54) is 6.20 Å². The second kappa shape index (κ2) is 5.74. The molecule has 0 aliphatic carbocycles. The molecule has 0 spiro atoms. The van der Waals surface area contributed by atoms with Crippen molar-refractivity contribution in [2.45, 2.75) is 13.3 Å². The Labute approximate surface area is 104 Å². The topological polar surface area (TPSA) is 86.5 Å². The number of ether oxygens (including phenoxy) is 1. The summed E-state index contributed by atoms with van der Waals surface area (Å²) in [5.74, 6) is 0.472. The van der Waals surface area contributed by atoms with Gasteiger partial charge in [-0.2, -0.15) is 0 Å². The molecule has 1 aliphatic heterocycles. The molecule has 7 nitrogen and oxygen atoms in total. The largest absolute Gasteiger partial charge is 0.381 e. The molecule has 1 unspecified atom stereocenters. The Kier molecular flexibility index (Phi) is 4.06. The summed E-state index contributed by atoms with van der Waals surface area (Å²) in [5, 5.41) is 10.9. The van der Waals surface area contributed by atoms with Crippen LogP contribution in [0.25, 0.3) is 0 Å². The van der Waals surface area contributed by atoms with Crippen LogP contribution in [0.1, 0.15) is 12.0 Å². The van der Waals surface area contributed by atoms with Gasteiger partial charge in [0.05, 0.1) is 18.1 Å². The van der Waals surface area contributed by atoms with Crippen molar-refractivity contribution in [2.24, 2.45) is 5.92 Å². The van der Waals surface area contributed by atoms with Crippen molar-refractivity contribution in [2.75, 3.05) is 25.3 Å². The van der Waals surface area contributed by atoms with Gasteiger partial charge in [-0.15, -0.1) is 0 Å². The molecule has 0 bridgehead atoms. The molecule has 0 amide bonds. The van der Waals surface area contributed by atoms with Crippen LogP contribution in [0, 0.1) is 23.0 Å². The fraction of sp³-hybridized carbons (Fsp3) is 0.545. The highest BCUT2D eigenvalue weighted by Gasteiger charge is 2.20. The third kappa shape index (κ3) is 2.93. The van der Waals surface area contributed by atoms with E-state index in [0.29, 0.717) is 24.7 Å².